The van der Waals surface area contributed by atoms with Gasteiger partial charge < -0.3 is 20.5 Å². The van der Waals surface area contributed by atoms with Crippen LogP contribution in [0.4, 0.5) is 0 Å². The van der Waals surface area contributed by atoms with Crippen LogP contribution in [-0.4, -0.2) is 42.4 Å². The molecule has 3 N–H and O–H groups in total. The molecule has 114 valence electrons. The molecule has 0 spiro atoms. The SMILES string of the molecule is CC1OCCC1(O)CNC(=O)C1NCCc2ccccc21. The molecular weight excluding hydrogens is 268 g/mol. The molecule has 1 fully saturated rings. The Bertz CT molecular complexity index is 534. The van der Waals surface area contributed by atoms with Crippen molar-refractivity contribution in [1.29, 1.82) is 0 Å². The Kier molecular flexibility index (Phi) is 3.97. The van der Waals surface area contributed by atoms with E-state index in [2.05, 4.69) is 16.7 Å². The molecule has 1 saturated heterocycles. The topological polar surface area (TPSA) is 70.6 Å². The van der Waals surface area contributed by atoms with Crippen molar-refractivity contribution >= 4 is 5.91 Å². The zero-order valence-electron chi connectivity index (χ0n) is 12.3. The standard InChI is InChI=1S/C16H22N2O3/c1-11-16(20,7-9-21-11)10-18-15(19)14-13-5-3-2-4-12(13)6-8-17-14/h2-5,11,14,17,20H,6-10H2,1H3,(H,18,19). The number of hydrogen-bond acceptors (Lipinski definition) is 4. The number of ether oxygens (including phenoxy) is 1. The van der Waals surface area contributed by atoms with E-state index in [0.29, 0.717) is 13.0 Å². The van der Waals surface area contributed by atoms with Gasteiger partial charge in [0.15, 0.2) is 0 Å². The number of hydrogen-bond donors (Lipinski definition) is 3. The Balaban J connectivity index is 1.67. The molecule has 3 rings (SSSR count). The maximum absolute atomic E-state index is 12.4. The summed E-state index contributed by atoms with van der Waals surface area (Å²) in [4.78, 5) is 12.4. The minimum absolute atomic E-state index is 0.0883. The van der Waals surface area contributed by atoms with Crippen molar-refractivity contribution in [2.24, 2.45) is 0 Å². The fourth-order valence-electron chi connectivity index (χ4n) is 3.08. The lowest BCUT2D eigenvalue weighted by molar-refractivity contribution is -0.125. The average molecular weight is 290 g/mol. The van der Waals surface area contributed by atoms with Gasteiger partial charge in [0.2, 0.25) is 5.91 Å². The van der Waals surface area contributed by atoms with Gasteiger partial charge in [0.1, 0.15) is 11.6 Å². The van der Waals surface area contributed by atoms with Crippen molar-refractivity contribution in [3.8, 4) is 0 Å². The molecule has 2 aliphatic heterocycles. The summed E-state index contributed by atoms with van der Waals surface area (Å²) < 4.78 is 5.39. The molecule has 0 aromatic heterocycles. The van der Waals surface area contributed by atoms with E-state index in [1.807, 2.05) is 25.1 Å². The van der Waals surface area contributed by atoms with Gasteiger partial charge in [-0.1, -0.05) is 24.3 Å². The van der Waals surface area contributed by atoms with E-state index in [1.54, 1.807) is 0 Å². The van der Waals surface area contributed by atoms with Gasteiger partial charge in [0.05, 0.1) is 6.10 Å². The van der Waals surface area contributed by atoms with Gasteiger partial charge in [-0.3, -0.25) is 4.79 Å². The Morgan fingerprint density at radius 3 is 3.10 bits per heavy atom. The van der Waals surface area contributed by atoms with Gasteiger partial charge >= 0.3 is 0 Å². The van der Waals surface area contributed by atoms with Gasteiger partial charge in [-0.15, -0.1) is 0 Å². The second kappa shape index (κ2) is 5.75. The summed E-state index contributed by atoms with van der Waals surface area (Å²) in [6.07, 6.45) is 1.25. The monoisotopic (exact) mass is 290 g/mol. The fraction of sp³-hybridized carbons (Fsp3) is 0.562. The molecular formula is C16H22N2O3. The van der Waals surface area contributed by atoms with Crippen LogP contribution in [-0.2, 0) is 16.0 Å². The summed E-state index contributed by atoms with van der Waals surface area (Å²) in [5.41, 5.74) is 1.29. The molecule has 2 aliphatic rings. The third kappa shape index (κ3) is 2.81. The third-order valence-corrected chi connectivity index (χ3v) is 4.60. The summed E-state index contributed by atoms with van der Waals surface area (Å²) in [6.45, 7) is 3.40. The van der Waals surface area contributed by atoms with Gasteiger partial charge in [-0.05, 0) is 24.5 Å². The Hall–Kier alpha value is -1.43. The van der Waals surface area contributed by atoms with E-state index in [0.717, 1.165) is 18.5 Å². The number of rotatable bonds is 3. The summed E-state index contributed by atoms with van der Waals surface area (Å²) in [7, 11) is 0. The minimum Gasteiger partial charge on any atom is -0.385 e. The number of carbonyl (C=O) groups excluding carboxylic acids is 1. The van der Waals surface area contributed by atoms with Gasteiger partial charge in [-0.2, -0.15) is 0 Å². The van der Waals surface area contributed by atoms with E-state index >= 15 is 0 Å². The second-order valence-corrected chi connectivity index (χ2v) is 5.92. The fourth-order valence-corrected chi connectivity index (χ4v) is 3.08. The first-order valence-electron chi connectivity index (χ1n) is 7.53. The first-order valence-corrected chi connectivity index (χ1v) is 7.53. The summed E-state index contributed by atoms with van der Waals surface area (Å²) >= 11 is 0. The highest BCUT2D eigenvalue weighted by atomic mass is 16.5. The smallest absolute Gasteiger partial charge is 0.241 e. The minimum atomic E-state index is -0.955. The molecule has 21 heavy (non-hydrogen) atoms. The first-order chi connectivity index (χ1) is 10.1. The molecule has 3 atom stereocenters. The van der Waals surface area contributed by atoms with Crippen molar-refractivity contribution in [1.82, 2.24) is 10.6 Å². The molecule has 5 heteroatoms. The lowest BCUT2D eigenvalue weighted by Gasteiger charge is -2.29. The van der Waals surface area contributed by atoms with Crippen LogP contribution in [0.2, 0.25) is 0 Å². The van der Waals surface area contributed by atoms with Crippen molar-refractivity contribution in [2.45, 2.75) is 37.5 Å². The molecule has 0 bridgehead atoms. The summed E-state index contributed by atoms with van der Waals surface area (Å²) in [5, 5.41) is 16.6. The van der Waals surface area contributed by atoms with Crippen LogP contribution >= 0.6 is 0 Å². The van der Waals surface area contributed by atoms with Crippen LogP contribution in [0.25, 0.3) is 0 Å². The molecule has 1 aromatic rings. The van der Waals surface area contributed by atoms with E-state index in [9.17, 15) is 9.90 Å². The van der Waals surface area contributed by atoms with Gasteiger partial charge in [-0.25, -0.2) is 0 Å². The molecule has 0 radical (unpaired) electrons. The highest BCUT2D eigenvalue weighted by molar-refractivity contribution is 5.84. The highest BCUT2D eigenvalue weighted by Gasteiger charge is 2.40. The quantitative estimate of drug-likeness (QED) is 0.759. The lowest BCUT2D eigenvalue weighted by atomic mass is 9.93. The van der Waals surface area contributed by atoms with E-state index in [4.69, 9.17) is 4.74 Å². The van der Waals surface area contributed by atoms with Crippen molar-refractivity contribution in [3.05, 3.63) is 35.4 Å². The van der Waals surface area contributed by atoms with Crippen LogP contribution in [0, 0.1) is 0 Å². The zero-order chi connectivity index (χ0) is 14.9. The van der Waals surface area contributed by atoms with E-state index in [1.165, 1.54) is 5.56 Å². The molecule has 1 amide bonds. The molecule has 2 heterocycles. The normalized spacial score (nSPS) is 31.7. The lowest BCUT2D eigenvalue weighted by Crippen LogP contribution is -2.50. The van der Waals surface area contributed by atoms with Crippen LogP contribution in [0.5, 0.6) is 0 Å². The number of carbonyl (C=O) groups is 1. The number of amides is 1. The maximum atomic E-state index is 12.4. The molecule has 0 aliphatic carbocycles. The molecule has 3 unspecified atom stereocenters. The van der Waals surface area contributed by atoms with Gasteiger partial charge in [0, 0.05) is 26.1 Å². The number of nitrogens with one attached hydrogen (secondary N) is 2. The number of benzene rings is 1. The second-order valence-electron chi connectivity index (χ2n) is 5.92. The van der Waals surface area contributed by atoms with Crippen molar-refractivity contribution in [3.63, 3.8) is 0 Å². The third-order valence-electron chi connectivity index (χ3n) is 4.60. The number of aliphatic hydroxyl groups is 1. The van der Waals surface area contributed by atoms with Gasteiger partial charge in [0.25, 0.3) is 0 Å². The largest absolute Gasteiger partial charge is 0.385 e. The molecule has 0 saturated carbocycles. The van der Waals surface area contributed by atoms with Crippen LogP contribution < -0.4 is 10.6 Å². The molecule has 5 nitrogen and oxygen atoms in total. The van der Waals surface area contributed by atoms with E-state index in [-0.39, 0.29) is 24.6 Å². The van der Waals surface area contributed by atoms with Crippen molar-refractivity contribution in [2.75, 3.05) is 19.7 Å². The zero-order valence-corrected chi connectivity index (χ0v) is 12.3. The Morgan fingerprint density at radius 2 is 2.33 bits per heavy atom. The maximum Gasteiger partial charge on any atom is 0.241 e. The summed E-state index contributed by atoms with van der Waals surface area (Å²) in [5.74, 6) is -0.0883. The van der Waals surface area contributed by atoms with E-state index < -0.39 is 5.60 Å². The highest BCUT2D eigenvalue weighted by Crippen LogP contribution is 2.26. The van der Waals surface area contributed by atoms with Crippen LogP contribution in [0.15, 0.2) is 24.3 Å². The number of fused-ring (bicyclic) bond motifs is 1. The van der Waals surface area contributed by atoms with Crippen LogP contribution in [0.3, 0.4) is 0 Å². The predicted molar refractivity (Wildman–Crippen MR) is 78.9 cm³/mol. The molecule has 1 aromatic carbocycles. The van der Waals surface area contributed by atoms with Crippen molar-refractivity contribution < 1.29 is 14.6 Å². The van der Waals surface area contributed by atoms with Crippen LogP contribution in [0.1, 0.15) is 30.5 Å². The summed E-state index contributed by atoms with van der Waals surface area (Å²) in [6, 6.07) is 7.67. The Morgan fingerprint density at radius 1 is 1.52 bits per heavy atom. The Labute approximate surface area is 124 Å². The average Bonchev–Trinajstić information content (AvgIpc) is 2.84. The predicted octanol–water partition coefficient (Wildman–Crippen LogP) is 0.530. The first kappa shape index (κ1) is 14.5.